The van der Waals surface area contributed by atoms with Crippen molar-refractivity contribution in [3.05, 3.63) is 119 Å². The Balaban J connectivity index is 2.20. The van der Waals surface area contributed by atoms with Gasteiger partial charge in [0.05, 0.1) is 13.2 Å². The van der Waals surface area contributed by atoms with Crippen LogP contribution in [0, 0.1) is 0 Å². The first kappa shape index (κ1) is 19.1. The molecule has 0 radical (unpaired) electrons. The predicted molar refractivity (Wildman–Crippen MR) is 111 cm³/mol. The van der Waals surface area contributed by atoms with E-state index in [4.69, 9.17) is 4.74 Å². The summed E-state index contributed by atoms with van der Waals surface area (Å²) < 4.78 is 6.70. The molecular weight excluding hydrogens is 332 g/mol. The fraction of sp³-hybridized carbons (Fsp3) is 0.200. The molecule has 0 amide bonds. The van der Waals surface area contributed by atoms with Gasteiger partial charge in [0.1, 0.15) is 5.60 Å². The third-order valence-electron chi connectivity index (χ3n) is 5.01. The second kappa shape index (κ2) is 8.81. The van der Waals surface area contributed by atoms with Crippen LogP contribution in [-0.2, 0) is 10.3 Å². The van der Waals surface area contributed by atoms with Crippen molar-refractivity contribution in [3.63, 3.8) is 0 Å². The highest BCUT2D eigenvalue weighted by Crippen LogP contribution is 2.40. The zero-order valence-electron chi connectivity index (χ0n) is 15.9. The third-order valence-corrected chi connectivity index (χ3v) is 5.01. The first-order valence-corrected chi connectivity index (χ1v) is 9.25. The maximum atomic E-state index is 9.47. The Morgan fingerprint density at radius 3 is 1.37 bits per heavy atom. The fourth-order valence-corrected chi connectivity index (χ4v) is 3.24. The van der Waals surface area contributed by atoms with Gasteiger partial charge in [0, 0.05) is 0 Å². The van der Waals surface area contributed by atoms with E-state index < -0.39 is 5.60 Å². The molecule has 138 valence electrons. The SMILES string of the molecule is C/C(CO)=C(/C)COC(c1ccccc1)(c1ccccc1)c1ccccc1. The van der Waals surface area contributed by atoms with Crippen LogP contribution >= 0.6 is 0 Å². The molecule has 3 aromatic carbocycles. The lowest BCUT2D eigenvalue weighted by Gasteiger charge is -2.36. The van der Waals surface area contributed by atoms with Crippen molar-refractivity contribution in [2.45, 2.75) is 19.4 Å². The molecule has 0 atom stereocenters. The molecular formula is C25H26O2. The van der Waals surface area contributed by atoms with Crippen molar-refractivity contribution >= 4 is 0 Å². The second-order valence-electron chi connectivity index (χ2n) is 6.79. The van der Waals surface area contributed by atoms with Gasteiger partial charge in [0.15, 0.2) is 0 Å². The monoisotopic (exact) mass is 358 g/mol. The fourth-order valence-electron chi connectivity index (χ4n) is 3.24. The van der Waals surface area contributed by atoms with Crippen LogP contribution in [0.25, 0.3) is 0 Å². The molecule has 0 saturated carbocycles. The lowest BCUT2D eigenvalue weighted by molar-refractivity contribution is 0.0272. The highest BCUT2D eigenvalue weighted by Gasteiger charge is 2.37. The molecule has 3 aromatic rings. The zero-order valence-corrected chi connectivity index (χ0v) is 15.9. The van der Waals surface area contributed by atoms with Crippen LogP contribution in [0.1, 0.15) is 30.5 Å². The molecule has 3 rings (SSSR count). The summed E-state index contributed by atoms with van der Waals surface area (Å²) in [6.45, 7) is 4.43. The summed E-state index contributed by atoms with van der Waals surface area (Å²) in [7, 11) is 0. The van der Waals surface area contributed by atoms with Crippen molar-refractivity contribution < 1.29 is 9.84 Å². The lowest BCUT2D eigenvalue weighted by atomic mass is 9.80. The molecule has 0 bridgehead atoms. The van der Waals surface area contributed by atoms with Gasteiger partial charge in [-0.15, -0.1) is 0 Å². The van der Waals surface area contributed by atoms with E-state index >= 15 is 0 Å². The molecule has 2 nitrogen and oxygen atoms in total. The van der Waals surface area contributed by atoms with Gasteiger partial charge in [0.25, 0.3) is 0 Å². The maximum Gasteiger partial charge on any atom is 0.144 e. The van der Waals surface area contributed by atoms with E-state index in [1.807, 2.05) is 68.4 Å². The van der Waals surface area contributed by atoms with Crippen molar-refractivity contribution in [1.82, 2.24) is 0 Å². The Morgan fingerprint density at radius 2 is 1.04 bits per heavy atom. The topological polar surface area (TPSA) is 29.5 Å². The Labute approximate surface area is 161 Å². The molecule has 0 saturated heterocycles. The van der Waals surface area contributed by atoms with Gasteiger partial charge in [-0.05, 0) is 41.7 Å². The van der Waals surface area contributed by atoms with Gasteiger partial charge in [-0.1, -0.05) is 91.0 Å². The number of benzene rings is 3. The van der Waals surface area contributed by atoms with Crippen LogP contribution in [0.15, 0.2) is 102 Å². The predicted octanol–water partition coefficient (Wildman–Crippen LogP) is 5.32. The number of aliphatic hydroxyl groups is 1. The molecule has 1 N–H and O–H groups in total. The van der Waals surface area contributed by atoms with Gasteiger partial charge in [-0.3, -0.25) is 0 Å². The minimum atomic E-state index is -0.721. The minimum Gasteiger partial charge on any atom is -0.392 e. The first-order valence-electron chi connectivity index (χ1n) is 9.25. The minimum absolute atomic E-state index is 0.0458. The van der Waals surface area contributed by atoms with E-state index in [2.05, 4.69) is 36.4 Å². The summed E-state index contributed by atoms with van der Waals surface area (Å²) in [5.41, 5.74) is 4.51. The van der Waals surface area contributed by atoms with Gasteiger partial charge < -0.3 is 9.84 Å². The largest absolute Gasteiger partial charge is 0.392 e. The van der Waals surface area contributed by atoms with Crippen LogP contribution in [0.3, 0.4) is 0 Å². The van der Waals surface area contributed by atoms with E-state index in [1.54, 1.807) is 0 Å². The van der Waals surface area contributed by atoms with Gasteiger partial charge in [-0.2, -0.15) is 0 Å². The van der Waals surface area contributed by atoms with Crippen LogP contribution < -0.4 is 0 Å². The van der Waals surface area contributed by atoms with Crippen molar-refractivity contribution in [2.75, 3.05) is 13.2 Å². The Bertz CT molecular complexity index is 771. The quantitative estimate of drug-likeness (QED) is 0.457. The zero-order chi connectivity index (χ0) is 19.1. The number of aliphatic hydroxyl groups excluding tert-OH is 1. The van der Waals surface area contributed by atoms with Crippen molar-refractivity contribution in [2.24, 2.45) is 0 Å². The number of hydrogen-bond donors (Lipinski definition) is 1. The number of rotatable bonds is 7. The third kappa shape index (κ3) is 4.02. The number of hydrogen-bond acceptors (Lipinski definition) is 2. The average Bonchev–Trinajstić information content (AvgIpc) is 2.75. The second-order valence-corrected chi connectivity index (χ2v) is 6.79. The van der Waals surface area contributed by atoms with E-state index in [1.165, 1.54) is 0 Å². The summed E-state index contributed by atoms with van der Waals surface area (Å²) in [5, 5.41) is 9.47. The molecule has 27 heavy (non-hydrogen) atoms. The van der Waals surface area contributed by atoms with Crippen LogP contribution in [0.2, 0.25) is 0 Å². The summed E-state index contributed by atoms with van der Waals surface area (Å²) in [5.74, 6) is 0. The smallest absolute Gasteiger partial charge is 0.144 e. The summed E-state index contributed by atoms with van der Waals surface area (Å²) in [6.07, 6.45) is 0. The Morgan fingerprint density at radius 1 is 0.667 bits per heavy atom. The van der Waals surface area contributed by atoms with Crippen LogP contribution in [0.4, 0.5) is 0 Å². The van der Waals surface area contributed by atoms with E-state index in [0.717, 1.165) is 27.8 Å². The summed E-state index contributed by atoms with van der Waals surface area (Å²) in [4.78, 5) is 0. The molecule has 2 heteroatoms. The number of ether oxygens (including phenoxy) is 1. The molecule has 0 aliphatic heterocycles. The van der Waals surface area contributed by atoms with E-state index in [0.29, 0.717) is 6.61 Å². The first-order chi connectivity index (χ1) is 13.2. The highest BCUT2D eigenvalue weighted by molar-refractivity contribution is 5.47. The standard InChI is InChI=1S/C25H26O2/c1-20(18-26)21(2)19-27-25(22-12-6-3-7-13-22,23-14-8-4-9-15-23)24-16-10-5-11-17-24/h3-17,26H,18-19H2,1-2H3/b21-20+. The van der Waals surface area contributed by atoms with E-state index in [9.17, 15) is 5.11 Å². The maximum absolute atomic E-state index is 9.47. The van der Waals surface area contributed by atoms with Crippen molar-refractivity contribution in [1.29, 1.82) is 0 Å². The molecule has 0 aliphatic carbocycles. The van der Waals surface area contributed by atoms with Gasteiger partial charge >= 0.3 is 0 Å². The Kier molecular flexibility index (Phi) is 6.23. The highest BCUT2D eigenvalue weighted by atomic mass is 16.5. The molecule has 0 fully saturated rings. The van der Waals surface area contributed by atoms with Gasteiger partial charge in [0.2, 0.25) is 0 Å². The molecule has 0 unspecified atom stereocenters. The lowest BCUT2D eigenvalue weighted by Crippen LogP contribution is -2.33. The molecule has 0 aliphatic rings. The molecule has 0 spiro atoms. The van der Waals surface area contributed by atoms with Gasteiger partial charge in [-0.25, -0.2) is 0 Å². The molecule has 0 aromatic heterocycles. The van der Waals surface area contributed by atoms with E-state index in [-0.39, 0.29) is 6.61 Å². The average molecular weight is 358 g/mol. The Hall–Kier alpha value is -2.68. The molecule has 0 heterocycles. The summed E-state index contributed by atoms with van der Waals surface area (Å²) in [6, 6.07) is 31.0. The normalized spacial score (nSPS) is 12.6. The van der Waals surface area contributed by atoms with Crippen LogP contribution in [-0.4, -0.2) is 18.3 Å². The van der Waals surface area contributed by atoms with Crippen molar-refractivity contribution in [3.8, 4) is 0 Å². The summed E-state index contributed by atoms with van der Waals surface area (Å²) >= 11 is 0. The van der Waals surface area contributed by atoms with Crippen LogP contribution in [0.5, 0.6) is 0 Å².